The van der Waals surface area contributed by atoms with Crippen molar-refractivity contribution in [3.8, 4) is 0 Å². The number of hydrogen-bond donors (Lipinski definition) is 1. The predicted molar refractivity (Wildman–Crippen MR) is 82.2 cm³/mol. The molecule has 1 aromatic carbocycles. The highest BCUT2D eigenvalue weighted by Crippen LogP contribution is 2.33. The highest BCUT2D eigenvalue weighted by atomic mass is 35.5. The second-order valence-corrected chi connectivity index (χ2v) is 5.59. The number of rotatable bonds is 6. The van der Waals surface area contributed by atoms with E-state index < -0.39 is 0 Å². The molecule has 0 fully saturated rings. The first-order valence-corrected chi connectivity index (χ1v) is 7.53. The van der Waals surface area contributed by atoms with E-state index in [4.69, 9.17) is 27.6 Å². The van der Waals surface area contributed by atoms with Gasteiger partial charge in [-0.05, 0) is 31.5 Å². The number of hydrogen-bond acceptors (Lipinski definition) is 2. The maximum Gasteiger partial charge on any atom is 0.137 e. The molecule has 104 valence electrons. The van der Waals surface area contributed by atoms with Gasteiger partial charge in [-0.15, -0.1) is 0 Å². The molecular weight excluding hydrogens is 281 g/mol. The van der Waals surface area contributed by atoms with E-state index in [0.717, 1.165) is 42.5 Å². The van der Waals surface area contributed by atoms with Crippen molar-refractivity contribution in [1.29, 1.82) is 0 Å². The summed E-state index contributed by atoms with van der Waals surface area (Å²) in [6.07, 6.45) is 3.26. The lowest BCUT2D eigenvalue weighted by Crippen LogP contribution is -2.21. The first kappa shape index (κ1) is 14.7. The molecule has 0 aliphatic rings. The summed E-state index contributed by atoms with van der Waals surface area (Å²) in [5.74, 6) is 0.939. The van der Waals surface area contributed by atoms with Crippen LogP contribution in [0.5, 0.6) is 0 Å². The Morgan fingerprint density at radius 3 is 2.63 bits per heavy atom. The van der Waals surface area contributed by atoms with Gasteiger partial charge in [-0.3, -0.25) is 0 Å². The minimum Gasteiger partial charge on any atom is -0.459 e. The smallest absolute Gasteiger partial charge is 0.137 e. The van der Waals surface area contributed by atoms with Gasteiger partial charge in [0, 0.05) is 16.5 Å². The maximum atomic E-state index is 6.20. The predicted octanol–water partition coefficient (Wildman–Crippen LogP) is 5.58. The molecule has 2 aromatic rings. The lowest BCUT2D eigenvalue weighted by Gasteiger charge is -2.14. The van der Waals surface area contributed by atoms with Gasteiger partial charge in [0.05, 0.1) is 11.1 Å². The lowest BCUT2D eigenvalue weighted by molar-refractivity contribution is 0.408. The molecule has 0 aliphatic carbocycles. The molecular formula is C15H19Cl2NO. The van der Waals surface area contributed by atoms with Crippen LogP contribution in [-0.2, 0) is 0 Å². The summed E-state index contributed by atoms with van der Waals surface area (Å²) in [6.45, 7) is 5.31. The summed E-state index contributed by atoms with van der Waals surface area (Å²) in [5, 5.41) is 5.69. The second-order valence-electron chi connectivity index (χ2n) is 4.74. The molecule has 2 rings (SSSR count). The molecule has 1 unspecified atom stereocenters. The van der Waals surface area contributed by atoms with Gasteiger partial charge >= 0.3 is 0 Å². The van der Waals surface area contributed by atoms with Crippen LogP contribution in [0, 0.1) is 0 Å². The molecule has 0 saturated heterocycles. The van der Waals surface area contributed by atoms with E-state index in [9.17, 15) is 0 Å². The van der Waals surface area contributed by atoms with Gasteiger partial charge in [-0.1, -0.05) is 43.5 Å². The van der Waals surface area contributed by atoms with Crippen molar-refractivity contribution in [2.45, 2.75) is 39.2 Å². The number of nitrogens with one attached hydrogen (secondary N) is 1. The van der Waals surface area contributed by atoms with Gasteiger partial charge in [0.25, 0.3) is 0 Å². The van der Waals surface area contributed by atoms with Crippen molar-refractivity contribution in [1.82, 2.24) is 5.32 Å². The molecule has 1 atom stereocenters. The minimum absolute atomic E-state index is 0.243. The topological polar surface area (TPSA) is 25.2 Å². The Kier molecular flexibility index (Phi) is 5.14. The van der Waals surface area contributed by atoms with Crippen LogP contribution in [0.1, 0.15) is 44.9 Å². The largest absolute Gasteiger partial charge is 0.459 e. The van der Waals surface area contributed by atoms with Crippen molar-refractivity contribution < 1.29 is 4.42 Å². The first-order valence-electron chi connectivity index (χ1n) is 6.77. The molecule has 0 aliphatic heterocycles. The summed E-state index contributed by atoms with van der Waals surface area (Å²) < 4.78 is 5.91. The van der Waals surface area contributed by atoms with Crippen LogP contribution in [-0.4, -0.2) is 6.54 Å². The van der Waals surface area contributed by atoms with Crippen molar-refractivity contribution >= 4 is 34.2 Å². The second kappa shape index (κ2) is 6.65. The van der Waals surface area contributed by atoms with E-state index in [-0.39, 0.29) is 6.04 Å². The zero-order valence-corrected chi connectivity index (χ0v) is 12.8. The lowest BCUT2D eigenvalue weighted by atomic mass is 10.1. The van der Waals surface area contributed by atoms with Crippen LogP contribution >= 0.6 is 23.2 Å². The Balaban J connectivity index is 2.34. The quantitative estimate of drug-likeness (QED) is 0.753. The van der Waals surface area contributed by atoms with Crippen molar-refractivity contribution in [2.75, 3.05) is 6.54 Å². The Morgan fingerprint density at radius 2 is 1.95 bits per heavy atom. The molecule has 2 nitrogen and oxygen atoms in total. The molecule has 0 saturated carbocycles. The van der Waals surface area contributed by atoms with Gasteiger partial charge in [-0.25, -0.2) is 0 Å². The van der Waals surface area contributed by atoms with Crippen LogP contribution in [0.2, 0.25) is 10.0 Å². The highest BCUT2D eigenvalue weighted by Gasteiger charge is 2.16. The summed E-state index contributed by atoms with van der Waals surface area (Å²) in [7, 11) is 0. The van der Waals surface area contributed by atoms with E-state index in [1.807, 2.05) is 12.1 Å². The van der Waals surface area contributed by atoms with Crippen LogP contribution in [0.3, 0.4) is 0 Å². The van der Waals surface area contributed by atoms with E-state index in [2.05, 4.69) is 19.2 Å². The summed E-state index contributed by atoms with van der Waals surface area (Å²) in [6, 6.07) is 5.83. The normalized spacial score (nSPS) is 13.1. The molecule has 0 bridgehead atoms. The molecule has 19 heavy (non-hydrogen) atoms. The maximum absolute atomic E-state index is 6.20. The van der Waals surface area contributed by atoms with Gasteiger partial charge in [0.2, 0.25) is 0 Å². The van der Waals surface area contributed by atoms with Crippen LogP contribution in [0.4, 0.5) is 0 Å². The van der Waals surface area contributed by atoms with Gasteiger partial charge in [0.15, 0.2) is 0 Å². The van der Waals surface area contributed by atoms with Crippen LogP contribution in [0.15, 0.2) is 22.6 Å². The fourth-order valence-electron chi connectivity index (χ4n) is 2.21. The van der Waals surface area contributed by atoms with Gasteiger partial charge in [-0.2, -0.15) is 0 Å². The third-order valence-corrected chi connectivity index (χ3v) is 3.66. The molecule has 0 spiro atoms. The molecule has 1 N–H and O–H groups in total. The third kappa shape index (κ3) is 3.44. The Hall–Kier alpha value is -0.700. The van der Waals surface area contributed by atoms with Gasteiger partial charge < -0.3 is 9.73 Å². The molecule has 4 heteroatoms. The van der Waals surface area contributed by atoms with Crippen molar-refractivity contribution in [3.63, 3.8) is 0 Å². The third-order valence-electron chi connectivity index (χ3n) is 3.13. The molecule has 1 heterocycles. The first-order chi connectivity index (χ1) is 9.15. The Bertz CT molecular complexity index is 550. The summed E-state index contributed by atoms with van der Waals surface area (Å²) >= 11 is 12.2. The summed E-state index contributed by atoms with van der Waals surface area (Å²) in [4.78, 5) is 0. The number of benzene rings is 1. The average Bonchev–Trinajstić information content (AvgIpc) is 2.78. The molecule has 0 radical (unpaired) electrons. The van der Waals surface area contributed by atoms with E-state index in [1.54, 1.807) is 6.07 Å². The SMILES string of the molecule is CCCNC(CCC)c1cc2c(Cl)cc(Cl)cc2o1. The zero-order valence-electron chi connectivity index (χ0n) is 11.3. The van der Waals surface area contributed by atoms with Crippen LogP contribution < -0.4 is 5.32 Å². The molecule has 1 aromatic heterocycles. The van der Waals surface area contributed by atoms with E-state index in [1.165, 1.54) is 0 Å². The average molecular weight is 300 g/mol. The fourth-order valence-corrected chi connectivity index (χ4v) is 2.74. The minimum atomic E-state index is 0.243. The van der Waals surface area contributed by atoms with Crippen molar-refractivity contribution in [2.24, 2.45) is 0 Å². The Labute approximate surface area is 124 Å². The van der Waals surface area contributed by atoms with Crippen LogP contribution in [0.25, 0.3) is 11.0 Å². The van der Waals surface area contributed by atoms with Gasteiger partial charge in [0.1, 0.15) is 11.3 Å². The molecule has 0 amide bonds. The standard InChI is InChI=1S/C15H19Cl2NO/c1-3-5-13(18-6-4-2)15-9-11-12(17)7-10(16)8-14(11)19-15/h7-9,13,18H,3-6H2,1-2H3. The summed E-state index contributed by atoms with van der Waals surface area (Å²) in [5.41, 5.74) is 0.756. The zero-order chi connectivity index (χ0) is 13.8. The highest BCUT2D eigenvalue weighted by molar-refractivity contribution is 6.38. The Morgan fingerprint density at radius 1 is 1.16 bits per heavy atom. The fraction of sp³-hybridized carbons (Fsp3) is 0.467. The number of halogens is 2. The number of fused-ring (bicyclic) bond motifs is 1. The monoisotopic (exact) mass is 299 g/mol. The number of furan rings is 1. The van der Waals surface area contributed by atoms with E-state index >= 15 is 0 Å². The van der Waals surface area contributed by atoms with Crippen molar-refractivity contribution in [3.05, 3.63) is 34.0 Å². The van der Waals surface area contributed by atoms with E-state index in [0.29, 0.717) is 10.0 Å².